The topological polar surface area (TPSA) is 64.3 Å². The SMILES string of the molecule is CC(C)Oc1cc(N2CC(CN)CCC2C)ncn1. The lowest BCUT2D eigenvalue weighted by Gasteiger charge is -2.38. The molecule has 19 heavy (non-hydrogen) atoms. The van der Waals surface area contributed by atoms with Crippen LogP contribution in [-0.2, 0) is 0 Å². The fourth-order valence-electron chi connectivity index (χ4n) is 2.49. The van der Waals surface area contributed by atoms with Crippen molar-refractivity contribution in [1.82, 2.24) is 9.97 Å². The van der Waals surface area contributed by atoms with Crippen molar-refractivity contribution in [2.24, 2.45) is 11.7 Å². The van der Waals surface area contributed by atoms with Gasteiger partial charge in [0.25, 0.3) is 0 Å². The van der Waals surface area contributed by atoms with Crippen LogP contribution in [0.2, 0.25) is 0 Å². The van der Waals surface area contributed by atoms with E-state index in [4.69, 9.17) is 10.5 Å². The van der Waals surface area contributed by atoms with Gasteiger partial charge >= 0.3 is 0 Å². The van der Waals surface area contributed by atoms with Gasteiger partial charge in [-0.05, 0) is 46.1 Å². The standard InChI is InChI=1S/C14H24N4O/c1-10(2)19-14-6-13(16-9-17-14)18-8-12(7-15)5-4-11(18)3/h6,9-12H,4-5,7-8,15H2,1-3H3. The quantitative estimate of drug-likeness (QED) is 0.898. The molecule has 0 bridgehead atoms. The number of anilines is 1. The summed E-state index contributed by atoms with van der Waals surface area (Å²) in [6, 6.07) is 2.42. The zero-order valence-corrected chi connectivity index (χ0v) is 12.0. The largest absolute Gasteiger partial charge is 0.475 e. The van der Waals surface area contributed by atoms with Crippen molar-refractivity contribution in [1.29, 1.82) is 0 Å². The van der Waals surface area contributed by atoms with E-state index in [1.807, 2.05) is 19.9 Å². The van der Waals surface area contributed by atoms with Crippen molar-refractivity contribution in [3.63, 3.8) is 0 Å². The molecule has 0 saturated carbocycles. The van der Waals surface area contributed by atoms with E-state index >= 15 is 0 Å². The Hall–Kier alpha value is -1.36. The van der Waals surface area contributed by atoms with Crippen molar-refractivity contribution in [3.05, 3.63) is 12.4 Å². The molecule has 1 fully saturated rings. The molecule has 0 amide bonds. The second-order valence-corrected chi connectivity index (χ2v) is 5.56. The van der Waals surface area contributed by atoms with Crippen molar-refractivity contribution in [2.75, 3.05) is 18.0 Å². The Bertz CT molecular complexity index is 410. The average molecular weight is 264 g/mol. The van der Waals surface area contributed by atoms with Gasteiger partial charge in [-0.2, -0.15) is 0 Å². The van der Waals surface area contributed by atoms with Gasteiger partial charge < -0.3 is 15.4 Å². The lowest BCUT2D eigenvalue weighted by Crippen LogP contribution is -2.44. The Morgan fingerprint density at radius 1 is 1.42 bits per heavy atom. The van der Waals surface area contributed by atoms with Gasteiger partial charge in [-0.3, -0.25) is 0 Å². The molecule has 2 atom stereocenters. The van der Waals surface area contributed by atoms with Crippen LogP contribution in [0.25, 0.3) is 0 Å². The van der Waals surface area contributed by atoms with Gasteiger partial charge in [0, 0.05) is 18.7 Å². The highest BCUT2D eigenvalue weighted by atomic mass is 16.5. The predicted molar refractivity (Wildman–Crippen MR) is 76.4 cm³/mol. The van der Waals surface area contributed by atoms with E-state index in [1.165, 1.54) is 6.42 Å². The molecule has 1 aromatic heterocycles. The Balaban J connectivity index is 2.15. The van der Waals surface area contributed by atoms with Crippen LogP contribution in [0.4, 0.5) is 5.82 Å². The van der Waals surface area contributed by atoms with E-state index in [9.17, 15) is 0 Å². The molecule has 2 heterocycles. The summed E-state index contributed by atoms with van der Waals surface area (Å²) in [6.07, 6.45) is 4.06. The zero-order chi connectivity index (χ0) is 13.8. The fourth-order valence-corrected chi connectivity index (χ4v) is 2.49. The number of hydrogen-bond donors (Lipinski definition) is 1. The van der Waals surface area contributed by atoms with E-state index in [0.29, 0.717) is 17.8 Å². The van der Waals surface area contributed by atoms with E-state index in [0.717, 1.165) is 25.3 Å². The highest BCUT2D eigenvalue weighted by Gasteiger charge is 2.25. The Morgan fingerprint density at radius 3 is 2.89 bits per heavy atom. The number of aromatic nitrogens is 2. The number of ether oxygens (including phenoxy) is 1. The molecular weight excluding hydrogens is 240 g/mol. The van der Waals surface area contributed by atoms with Gasteiger partial charge in [-0.25, -0.2) is 9.97 Å². The van der Waals surface area contributed by atoms with Crippen LogP contribution < -0.4 is 15.4 Å². The molecule has 1 aliphatic rings. The highest BCUT2D eigenvalue weighted by Crippen LogP contribution is 2.27. The number of rotatable bonds is 4. The van der Waals surface area contributed by atoms with Gasteiger partial charge in [0.05, 0.1) is 6.10 Å². The second kappa shape index (κ2) is 6.19. The van der Waals surface area contributed by atoms with Crippen LogP contribution in [0.5, 0.6) is 5.88 Å². The van der Waals surface area contributed by atoms with E-state index in [2.05, 4.69) is 21.8 Å². The van der Waals surface area contributed by atoms with Crippen molar-refractivity contribution >= 4 is 5.82 Å². The number of nitrogens with two attached hydrogens (primary N) is 1. The molecular formula is C14H24N4O. The maximum atomic E-state index is 5.80. The number of nitrogens with zero attached hydrogens (tertiary/aromatic N) is 3. The molecule has 106 valence electrons. The molecule has 0 aliphatic carbocycles. The Kier molecular flexibility index (Phi) is 4.58. The summed E-state index contributed by atoms with van der Waals surface area (Å²) >= 11 is 0. The average Bonchev–Trinajstić information content (AvgIpc) is 2.39. The Labute approximate surface area is 115 Å². The summed E-state index contributed by atoms with van der Waals surface area (Å²) < 4.78 is 5.63. The first-order valence-electron chi connectivity index (χ1n) is 7.05. The van der Waals surface area contributed by atoms with Crippen LogP contribution in [0, 0.1) is 5.92 Å². The van der Waals surface area contributed by atoms with Gasteiger partial charge in [0.2, 0.25) is 5.88 Å². The molecule has 0 radical (unpaired) electrons. The Morgan fingerprint density at radius 2 is 2.21 bits per heavy atom. The van der Waals surface area contributed by atoms with Crippen molar-refractivity contribution in [2.45, 2.75) is 45.8 Å². The summed E-state index contributed by atoms with van der Waals surface area (Å²) in [5.41, 5.74) is 5.80. The lowest BCUT2D eigenvalue weighted by molar-refractivity contribution is 0.232. The highest BCUT2D eigenvalue weighted by molar-refractivity contribution is 5.42. The number of hydrogen-bond acceptors (Lipinski definition) is 5. The monoisotopic (exact) mass is 264 g/mol. The van der Waals surface area contributed by atoms with Crippen molar-refractivity contribution in [3.8, 4) is 5.88 Å². The molecule has 1 saturated heterocycles. The minimum Gasteiger partial charge on any atom is -0.475 e. The van der Waals surface area contributed by atoms with Crippen LogP contribution in [-0.4, -0.2) is 35.2 Å². The smallest absolute Gasteiger partial charge is 0.218 e. The van der Waals surface area contributed by atoms with E-state index in [-0.39, 0.29) is 6.10 Å². The van der Waals surface area contributed by atoms with Crippen LogP contribution in [0.15, 0.2) is 12.4 Å². The van der Waals surface area contributed by atoms with Crippen LogP contribution in [0.3, 0.4) is 0 Å². The second-order valence-electron chi connectivity index (χ2n) is 5.56. The molecule has 5 nitrogen and oxygen atoms in total. The predicted octanol–water partition coefficient (Wildman–Crippen LogP) is 1.83. The van der Waals surface area contributed by atoms with E-state index in [1.54, 1.807) is 6.33 Å². The molecule has 2 N–H and O–H groups in total. The molecule has 1 aliphatic heterocycles. The third-order valence-electron chi connectivity index (χ3n) is 3.59. The van der Waals surface area contributed by atoms with Crippen LogP contribution >= 0.6 is 0 Å². The van der Waals surface area contributed by atoms with Crippen molar-refractivity contribution < 1.29 is 4.74 Å². The number of piperidine rings is 1. The minimum atomic E-state index is 0.123. The zero-order valence-electron chi connectivity index (χ0n) is 12.0. The molecule has 0 spiro atoms. The third kappa shape index (κ3) is 3.56. The summed E-state index contributed by atoms with van der Waals surface area (Å²) in [6.45, 7) is 7.93. The molecule has 1 aromatic rings. The van der Waals surface area contributed by atoms with Crippen LogP contribution in [0.1, 0.15) is 33.6 Å². The van der Waals surface area contributed by atoms with Gasteiger partial charge in [-0.15, -0.1) is 0 Å². The summed E-state index contributed by atoms with van der Waals surface area (Å²) in [7, 11) is 0. The summed E-state index contributed by atoms with van der Waals surface area (Å²) in [5, 5.41) is 0. The lowest BCUT2D eigenvalue weighted by atomic mass is 9.93. The van der Waals surface area contributed by atoms with E-state index < -0.39 is 0 Å². The normalized spacial score (nSPS) is 23.7. The first-order valence-corrected chi connectivity index (χ1v) is 7.05. The first kappa shape index (κ1) is 14.1. The third-order valence-corrected chi connectivity index (χ3v) is 3.59. The molecule has 5 heteroatoms. The molecule has 2 rings (SSSR count). The maximum Gasteiger partial charge on any atom is 0.218 e. The molecule has 0 aromatic carbocycles. The summed E-state index contributed by atoms with van der Waals surface area (Å²) in [4.78, 5) is 10.9. The van der Waals surface area contributed by atoms with Gasteiger partial charge in [-0.1, -0.05) is 0 Å². The summed E-state index contributed by atoms with van der Waals surface area (Å²) in [5.74, 6) is 2.14. The van der Waals surface area contributed by atoms with Gasteiger partial charge in [0.1, 0.15) is 12.1 Å². The first-order chi connectivity index (χ1) is 9.10. The fraction of sp³-hybridized carbons (Fsp3) is 0.714. The van der Waals surface area contributed by atoms with Gasteiger partial charge in [0.15, 0.2) is 0 Å². The molecule has 2 unspecified atom stereocenters. The minimum absolute atomic E-state index is 0.123. The maximum absolute atomic E-state index is 5.80.